The Morgan fingerprint density at radius 1 is 1.38 bits per heavy atom. The van der Waals surface area contributed by atoms with Crippen LogP contribution in [0.4, 0.5) is 5.69 Å². The topological polar surface area (TPSA) is 38.7 Å². The van der Waals surface area contributed by atoms with Crippen molar-refractivity contribution in [3.05, 3.63) is 24.3 Å². The summed E-state index contributed by atoms with van der Waals surface area (Å²) in [6.45, 7) is 2.75. The molecule has 0 unspecified atom stereocenters. The summed E-state index contributed by atoms with van der Waals surface area (Å²) in [6.07, 6.45) is 2.46. The largest absolute Gasteiger partial charge is 0.494 e. The van der Waals surface area contributed by atoms with Crippen LogP contribution in [0.15, 0.2) is 29.3 Å². The van der Waals surface area contributed by atoms with E-state index in [1.165, 1.54) is 6.08 Å². The summed E-state index contributed by atoms with van der Waals surface area (Å²) >= 11 is 0. The molecule has 0 spiro atoms. The lowest BCUT2D eigenvalue weighted by Crippen LogP contribution is -1.93. The van der Waals surface area contributed by atoms with Crippen LogP contribution in [-0.2, 0) is 4.79 Å². The van der Waals surface area contributed by atoms with Gasteiger partial charge < -0.3 is 4.74 Å². The highest BCUT2D eigenvalue weighted by Crippen LogP contribution is 2.17. The Morgan fingerprint density at radius 3 is 2.62 bits per heavy atom. The molecule has 3 nitrogen and oxygen atoms in total. The van der Waals surface area contributed by atoms with Crippen molar-refractivity contribution in [2.45, 2.75) is 13.3 Å². The van der Waals surface area contributed by atoms with Gasteiger partial charge in [-0.3, -0.25) is 0 Å². The minimum atomic E-state index is 0.596. The van der Waals surface area contributed by atoms with E-state index in [2.05, 4.69) is 4.99 Å². The average molecular weight is 177 g/mol. The normalized spacial score (nSPS) is 9.00. The Bertz CT molecular complexity index is 299. The number of aliphatic imine (C=N–C) groups is 1. The first-order valence-corrected chi connectivity index (χ1v) is 4.17. The van der Waals surface area contributed by atoms with Crippen LogP contribution < -0.4 is 4.74 Å². The van der Waals surface area contributed by atoms with Crippen molar-refractivity contribution in [2.24, 2.45) is 4.99 Å². The van der Waals surface area contributed by atoms with E-state index in [1.807, 2.05) is 6.92 Å². The van der Waals surface area contributed by atoms with Gasteiger partial charge in [0.2, 0.25) is 6.08 Å². The number of isocyanates is 1. The molecule has 0 aliphatic rings. The van der Waals surface area contributed by atoms with E-state index < -0.39 is 0 Å². The van der Waals surface area contributed by atoms with Gasteiger partial charge in [0.1, 0.15) is 5.75 Å². The van der Waals surface area contributed by atoms with Crippen molar-refractivity contribution in [1.29, 1.82) is 0 Å². The molecule has 1 aromatic rings. The van der Waals surface area contributed by atoms with Crippen LogP contribution in [0.5, 0.6) is 5.75 Å². The van der Waals surface area contributed by atoms with Crippen LogP contribution in [0.2, 0.25) is 0 Å². The molecule has 0 N–H and O–H groups in total. The minimum absolute atomic E-state index is 0.596. The van der Waals surface area contributed by atoms with Crippen molar-refractivity contribution in [1.82, 2.24) is 0 Å². The molecule has 13 heavy (non-hydrogen) atoms. The maximum atomic E-state index is 9.91. The van der Waals surface area contributed by atoms with E-state index in [-0.39, 0.29) is 0 Å². The molecule has 0 atom stereocenters. The second-order valence-electron chi connectivity index (χ2n) is 2.55. The molecular weight excluding hydrogens is 166 g/mol. The predicted molar refractivity (Wildman–Crippen MR) is 50.0 cm³/mol. The molecule has 0 aromatic heterocycles. The molecule has 1 rings (SSSR count). The number of ether oxygens (including phenoxy) is 1. The zero-order chi connectivity index (χ0) is 9.52. The van der Waals surface area contributed by atoms with E-state index in [0.717, 1.165) is 12.2 Å². The average Bonchev–Trinajstić information content (AvgIpc) is 2.17. The summed E-state index contributed by atoms with van der Waals surface area (Å²) in [5, 5.41) is 0. The second kappa shape index (κ2) is 5.12. The fourth-order valence-electron chi connectivity index (χ4n) is 0.890. The maximum Gasteiger partial charge on any atom is 0.240 e. The molecule has 0 amide bonds. The monoisotopic (exact) mass is 177 g/mol. The van der Waals surface area contributed by atoms with E-state index >= 15 is 0 Å². The molecule has 1 aromatic carbocycles. The standard InChI is InChI=1S/C10H11NO2/c1-2-7-13-10-5-3-9(4-6-10)11-8-12/h3-6H,2,7H2,1H3. The van der Waals surface area contributed by atoms with E-state index in [9.17, 15) is 4.79 Å². The van der Waals surface area contributed by atoms with Crippen molar-refractivity contribution in [2.75, 3.05) is 6.61 Å². The van der Waals surface area contributed by atoms with Gasteiger partial charge in [0.15, 0.2) is 0 Å². The lowest BCUT2D eigenvalue weighted by Gasteiger charge is -2.02. The highest BCUT2D eigenvalue weighted by Gasteiger charge is 1.92. The third-order valence-electron chi connectivity index (χ3n) is 1.48. The fraction of sp³-hybridized carbons (Fsp3) is 0.300. The van der Waals surface area contributed by atoms with Crippen molar-refractivity contribution >= 4 is 11.8 Å². The molecule has 0 fully saturated rings. The Morgan fingerprint density at radius 2 is 2.08 bits per heavy atom. The zero-order valence-electron chi connectivity index (χ0n) is 7.49. The first-order chi connectivity index (χ1) is 6.36. The maximum absolute atomic E-state index is 9.91. The predicted octanol–water partition coefficient (Wildman–Crippen LogP) is 2.44. The quantitative estimate of drug-likeness (QED) is 0.523. The summed E-state index contributed by atoms with van der Waals surface area (Å²) in [5.41, 5.74) is 0.596. The first-order valence-electron chi connectivity index (χ1n) is 4.17. The number of carbonyl (C=O) groups excluding carboxylic acids is 1. The number of rotatable bonds is 4. The number of benzene rings is 1. The van der Waals surface area contributed by atoms with Crippen LogP contribution >= 0.6 is 0 Å². The van der Waals surface area contributed by atoms with Gasteiger partial charge in [0.25, 0.3) is 0 Å². The summed E-state index contributed by atoms with van der Waals surface area (Å²) in [6, 6.07) is 7.00. The summed E-state index contributed by atoms with van der Waals surface area (Å²) in [5.74, 6) is 0.798. The SMILES string of the molecule is CCCOc1ccc(N=C=O)cc1. The molecule has 0 radical (unpaired) electrons. The van der Waals surface area contributed by atoms with E-state index in [1.54, 1.807) is 24.3 Å². The summed E-state index contributed by atoms with van der Waals surface area (Å²) in [7, 11) is 0. The number of hydrogen-bond acceptors (Lipinski definition) is 3. The Kier molecular flexibility index (Phi) is 3.74. The lowest BCUT2D eigenvalue weighted by atomic mass is 10.3. The first kappa shape index (κ1) is 9.49. The molecule has 0 heterocycles. The third kappa shape index (κ3) is 3.09. The molecule has 0 saturated carbocycles. The van der Waals surface area contributed by atoms with Gasteiger partial charge in [-0.2, -0.15) is 4.99 Å². The van der Waals surface area contributed by atoms with Crippen molar-refractivity contribution < 1.29 is 9.53 Å². The number of nitrogens with zero attached hydrogens (tertiary/aromatic N) is 1. The van der Waals surface area contributed by atoms with Crippen LogP contribution in [0.3, 0.4) is 0 Å². The number of hydrogen-bond donors (Lipinski definition) is 0. The fourth-order valence-corrected chi connectivity index (χ4v) is 0.890. The van der Waals surface area contributed by atoms with Gasteiger partial charge in [-0.05, 0) is 30.7 Å². The van der Waals surface area contributed by atoms with Gasteiger partial charge in [-0.1, -0.05) is 6.92 Å². The van der Waals surface area contributed by atoms with Gasteiger partial charge in [-0.25, -0.2) is 4.79 Å². The second-order valence-corrected chi connectivity index (χ2v) is 2.55. The molecular formula is C10H11NO2. The highest BCUT2D eigenvalue weighted by atomic mass is 16.5. The highest BCUT2D eigenvalue weighted by molar-refractivity contribution is 5.49. The van der Waals surface area contributed by atoms with Crippen molar-refractivity contribution in [3.8, 4) is 5.75 Å². The Hall–Kier alpha value is -1.60. The van der Waals surface area contributed by atoms with Crippen LogP contribution in [0.1, 0.15) is 13.3 Å². The molecule has 0 aliphatic carbocycles. The molecule has 68 valence electrons. The molecule has 3 heteroatoms. The van der Waals surface area contributed by atoms with E-state index in [0.29, 0.717) is 12.3 Å². The molecule has 0 aliphatic heterocycles. The van der Waals surface area contributed by atoms with Gasteiger partial charge in [0.05, 0.1) is 12.3 Å². The molecule has 0 bridgehead atoms. The van der Waals surface area contributed by atoms with Crippen LogP contribution in [-0.4, -0.2) is 12.7 Å². The Balaban J connectivity index is 2.63. The van der Waals surface area contributed by atoms with Gasteiger partial charge in [0, 0.05) is 0 Å². The molecule has 0 saturated heterocycles. The van der Waals surface area contributed by atoms with Crippen LogP contribution in [0.25, 0.3) is 0 Å². The lowest BCUT2D eigenvalue weighted by molar-refractivity contribution is 0.317. The Labute approximate surface area is 77.1 Å². The smallest absolute Gasteiger partial charge is 0.240 e. The van der Waals surface area contributed by atoms with E-state index in [4.69, 9.17) is 4.74 Å². The van der Waals surface area contributed by atoms with Gasteiger partial charge in [-0.15, -0.1) is 0 Å². The summed E-state index contributed by atoms with van der Waals surface area (Å²) in [4.78, 5) is 13.4. The van der Waals surface area contributed by atoms with Crippen molar-refractivity contribution in [3.63, 3.8) is 0 Å². The van der Waals surface area contributed by atoms with Crippen LogP contribution in [0, 0.1) is 0 Å². The van der Waals surface area contributed by atoms with Gasteiger partial charge >= 0.3 is 0 Å². The minimum Gasteiger partial charge on any atom is -0.494 e. The summed E-state index contributed by atoms with van der Waals surface area (Å²) < 4.78 is 5.35. The third-order valence-corrected chi connectivity index (χ3v) is 1.48. The zero-order valence-corrected chi connectivity index (χ0v) is 7.49.